The van der Waals surface area contributed by atoms with Crippen LogP contribution in [-0.2, 0) is 13.1 Å². The highest BCUT2D eigenvalue weighted by Gasteiger charge is 2.71. The van der Waals surface area contributed by atoms with Gasteiger partial charge in [0.15, 0.2) is 0 Å². The number of aromatic nitrogens is 7. The van der Waals surface area contributed by atoms with Gasteiger partial charge in [0.1, 0.15) is 18.0 Å². The number of carbonyl (C=O) groups excluding carboxylic acids is 1. The van der Waals surface area contributed by atoms with Gasteiger partial charge in [-0.1, -0.05) is 17.7 Å². The summed E-state index contributed by atoms with van der Waals surface area (Å²) in [7, 11) is 0. The topological polar surface area (TPSA) is 107 Å². The highest BCUT2D eigenvalue weighted by Crippen LogP contribution is 2.59. The second kappa shape index (κ2) is 9.33. The largest absolute Gasteiger partial charge is 0.356 e. The second-order valence-electron chi connectivity index (χ2n) is 9.83. The molecule has 202 valence electrons. The summed E-state index contributed by atoms with van der Waals surface area (Å²) in [6.45, 7) is 4.41. The van der Waals surface area contributed by atoms with E-state index in [9.17, 15) is 18.0 Å². The molecule has 10 nitrogen and oxygen atoms in total. The molecule has 1 amide bonds. The Morgan fingerprint density at radius 2 is 1.92 bits per heavy atom. The summed E-state index contributed by atoms with van der Waals surface area (Å²) in [4.78, 5) is 19.5. The van der Waals surface area contributed by atoms with Crippen LogP contribution in [0.25, 0.3) is 5.69 Å². The molecule has 1 aliphatic carbocycles. The molecular weight excluding hydrogens is 535 g/mol. The van der Waals surface area contributed by atoms with E-state index in [1.54, 1.807) is 23.9 Å². The number of hydrogen-bond donors (Lipinski definition) is 1. The number of rotatable bonds is 7. The van der Waals surface area contributed by atoms with Gasteiger partial charge in [-0.15, -0.1) is 5.10 Å². The number of fused-ring (bicyclic) bond motifs is 1. The lowest BCUT2D eigenvalue weighted by atomic mass is 10.1. The zero-order valence-electron chi connectivity index (χ0n) is 20.9. The Morgan fingerprint density at radius 1 is 1.15 bits per heavy atom. The van der Waals surface area contributed by atoms with Crippen LogP contribution >= 0.6 is 11.6 Å². The highest BCUT2D eigenvalue weighted by atomic mass is 35.5. The number of piperidine rings is 1. The summed E-state index contributed by atoms with van der Waals surface area (Å²) in [6.07, 6.45) is 2.93. The van der Waals surface area contributed by atoms with E-state index in [0.717, 1.165) is 11.3 Å². The molecule has 0 radical (unpaired) electrons. The van der Waals surface area contributed by atoms with Gasteiger partial charge in [0.2, 0.25) is 0 Å². The Labute approximate surface area is 225 Å². The van der Waals surface area contributed by atoms with Crippen LogP contribution in [0, 0.1) is 31.5 Å². The van der Waals surface area contributed by atoms with Crippen molar-refractivity contribution in [3.63, 3.8) is 0 Å². The lowest BCUT2D eigenvalue weighted by molar-refractivity contribution is 0.0796. The molecule has 2 atom stereocenters. The number of aryl methyl sites for hydroxylation is 2. The molecule has 1 aromatic carbocycles. The standard InChI is InChI=1S/C25H23ClF3N9O/c1-13-15(3-6-22(32-13)36-10-18-19(11-36)25(18,28)29)8-37-9-17(14(2)33-37)24(39)30-7-16-21(38-12-31-34-35-38)5-4-20(26)23(16)27/h3-6,9,12,18-19H,7-8,10-11H2,1-2H3,(H,30,39). The molecule has 1 saturated carbocycles. The monoisotopic (exact) mass is 557 g/mol. The lowest BCUT2D eigenvalue weighted by Crippen LogP contribution is -2.28. The smallest absolute Gasteiger partial charge is 0.258 e. The fourth-order valence-electron chi connectivity index (χ4n) is 5.11. The minimum Gasteiger partial charge on any atom is -0.356 e. The van der Waals surface area contributed by atoms with Gasteiger partial charge in [0.25, 0.3) is 11.8 Å². The Balaban J connectivity index is 1.13. The predicted octanol–water partition coefficient (Wildman–Crippen LogP) is 3.34. The summed E-state index contributed by atoms with van der Waals surface area (Å²) in [6, 6.07) is 6.69. The summed E-state index contributed by atoms with van der Waals surface area (Å²) in [5.41, 5.74) is 2.95. The van der Waals surface area contributed by atoms with Crippen molar-refractivity contribution in [2.24, 2.45) is 11.8 Å². The van der Waals surface area contributed by atoms with Gasteiger partial charge in [0, 0.05) is 37.1 Å². The van der Waals surface area contributed by atoms with Crippen molar-refractivity contribution in [1.29, 1.82) is 0 Å². The summed E-state index contributed by atoms with van der Waals surface area (Å²) < 4.78 is 44.8. The number of carbonyl (C=O) groups is 1. The number of tetrazole rings is 1. The number of anilines is 1. The summed E-state index contributed by atoms with van der Waals surface area (Å²) in [5, 5.41) is 18.0. The predicted molar refractivity (Wildman–Crippen MR) is 134 cm³/mol. The molecule has 2 fully saturated rings. The van der Waals surface area contributed by atoms with Crippen molar-refractivity contribution in [1.82, 2.24) is 40.3 Å². The van der Waals surface area contributed by atoms with E-state index in [1.165, 1.54) is 17.1 Å². The number of halogens is 4. The lowest BCUT2D eigenvalue weighted by Gasteiger charge is -2.21. The Kier molecular flexibility index (Phi) is 6.05. The molecule has 4 aromatic rings. The molecule has 1 saturated heterocycles. The van der Waals surface area contributed by atoms with Crippen LogP contribution in [0.1, 0.15) is 32.9 Å². The van der Waals surface area contributed by atoms with Crippen LogP contribution in [0.2, 0.25) is 5.02 Å². The molecule has 3 aromatic heterocycles. The van der Waals surface area contributed by atoms with E-state index in [0.29, 0.717) is 42.4 Å². The number of hydrogen-bond acceptors (Lipinski definition) is 7. The van der Waals surface area contributed by atoms with Crippen LogP contribution < -0.4 is 10.2 Å². The number of benzene rings is 1. The number of pyridine rings is 1. The van der Waals surface area contributed by atoms with E-state index in [-0.39, 0.29) is 17.1 Å². The van der Waals surface area contributed by atoms with Crippen LogP contribution in [0.4, 0.5) is 19.0 Å². The maximum absolute atomic E-state index is 14.8. The minimum atomic E-state index is -2.53. The normalized spacial score (nSPS) is 19.3. The van der Waals surface area contributed by atoms with Gasteiger partial charge in [-0.2, -0.15) is 5.10 Å². The third-order valence-corrected chi connectivity index (χ3v) is 7.71. The van der Waals surface area contributed by atoms with Crippen molar-refractivity contribution in [2.75, 3.05) is 18.0 Å². The number of amides is 1. The third-order valence-electron chi connectivity index (χ3n) is 7.42. The Hall–Kier alpha value is -4.00. The number of nitrogens with zero attached hydrogens (tertiary/aromatic N) is 8. The first kappa shape index (κ1) is 25.3. The molecule has 14 heteroatoms. The van der Waals surface area contributed by atoms with Gasteiger partial charge >= 0.3 is 0 Å². The maximum Gasteiger partial charge on any atom is 0.258 e. The molecule has 39 heavy (non-hydrogen) atoms. The maximum atomic E-state index is 14.8. The number of nitrogens with one attached hydrogen (secondary N) is 1. The van der Waals surface area contributed by atoms with Gasteiger partial charge in [-0.05, 0) is 48.0 Å². The molecule has 2 aliphatic rings. The molecule has 1 N–H and O–H groups in total. The zero-order valence-corrected chi connectivity index (χ0v) is 21.7. The van der Waals surface area contributed by atoms with Crippen molar-refractivity contribution >= 4 is 23.3 Å². The minimum absolute atomic E-state index is 0.0884. The van der Waals surface area contributed by atoms with Gasteiger partial charge in [-0.25, -0.2) is 22.8 Å². The fourth-order valence-corrected chi connectivity index (χ4v) is 5.29. The average Bonchev–Trinajstić information content (AvgIpc) is 3.49. The molecule has 2 unspecified atom stereocenters. The van der Waals surface area contributed by atoms with E-state index in [4.69, 9.17) is 11.6 Å². The summed E-state index contributed by atoms with van der Waals surface area (Å²) in [5.74, 6) is -4.11. The second-order valence-corrected chi connectivity index (χ2v) is 10.2. The molecule has 0 spiro atoms. The third kappa shape index (κ3) is 4.50. The molecule has 6 rings (SSSR count). The van der Waals surface area contributed by atoms with Crippen LogP contribution in [0.15, 0.2) is 36.8 Å². The Morgan fingerprint density at radius 3 is 2.62 bits per heavy atom. The average molecular weight is 558 g/mol. The van der Waals surface area contributed by atoms with Gasteiger partial charge in [-0.3, -0.25) is 9.48 Å². The SMILES string of the molecule is Cc1nc(N2CC3C(C2)C3(F)F)ccc1Cn1cc(C(=O)NCc2c(-n3cnnn3)ccc(Cl)c2F)c(C)n1. The van der Waals surface area contributed by atoms with E-state index in [2.05, 4.69) is 30.9 Å². The van der Waals surface area contributed by atoms with E-state index >= 15 is 0 Å². The molecular formula is C25H23ClF3N9O. The van der Waals surface area contributed by atoms with Crippen molar-refractivity contribution in [2.45, 2.75) is 32.9 Å². The van der Waals surface area contributed by atoms with Crippen molar-refractivity contribution in [3.05, 3.63) is 75.7 Å². The molecule has 0 bridgehead atoms. The first-order chi connectivity index (χ1) is 18.6. The van der Waals surface area contributed by atoms with Gasteiger partial charge in [0.05, 0.1) is 40.3 Å². The van der Waals surface area contributed by atoms with E-state index in [1.807, 2.05) is 24.0 Å². The van der Waals surface area contributed by atoms with Crippen molar-refractivity contribution in [3.8, 4) is 5.69 Å². The highest BCUT2D eigenvalue weighted by molar-refractivity contribution is 6.30. The molecule has 1 aliphatic heterocycles. The zero-order chi connectivity index (χ0) is 27.5. The first-order valence-corrected chi connectivity index (χ1v) is 12.6. The fraction of sp³-hybridized carbons (Fsp3) is 0.360. The first-order valence-electron chi connectivity index (χ1n) is 12.2. The Bertz CT molecular complexity index is 1560. The molecule has 4 heterocycles. The van der Waals surface area contributed by atoms with Crippen molar-refractivity contribution < 1.29 is 18.0 Å². The van der Waals surface area contributed by atoms with Crippen LogP contribution in [-0.4, -0.2) is 59.9 Å². The number of alkyl halides is 2. The summed E-state index contributed by atoms with van der Waals surface area (Å²) >= 11 is 5.96. The van der Waals surface area contributed by atoms with Crippen LogP contribution in [0.3, 0.4) is 0 Å². The van der Waals surface area contributed by atoms with Gasteiger partial charge < -0.3 is 10.2 Å². The van der Waals surface area contributed by atoms with Crippen LogP contribution in [0.5, 0.6) is 0 Å². The van der Waals surface area contributed by atoms with E-state index < -0.39 is 29.5 Å². The quantitative estimate of drug-likeness (QED) is 0.371.